The van der Waals surface area contributed by atoms with E-state index in [0.29, 0.717) is 29.6 Å². The Morgan fingerprint density at radius 1 is 1.20 bits per heavy atom. The van der Waals surface area contributed by atoms with Crippen LogP contribution in [0.2, 0.25) is 0 Å². The second-order valence-electron chi connectivity index (χ2n) is 5.35. The molecule has 3 aromatic rings. The van der Waals surface area contributed by atoms with E-state index in [4.69, 9.17) is 4.74 Å². The normalized spacial score (nSPS) is 10.4. The molecule has 8 heteroatoms. The van der Waals surface area contributed by atoms with E-state index >= 15 is 0 Å². The molecule has 128 valence electrons. The summed E-state index contributed by atoms with van der Waals surface area (Å²) < 4.78 is 5.10. The third-order valence-corrected chi connectivity index (χ3v) is 3.67. The Labute approximate surface area is 143 Å². The smallest absolute Gasteiger partial charge is 0.319 e. The minimum atomic E-state index is -0.353. The van der Waals surface area contributed by atoms with Crippen LogP contribution >= 0.6 is 0 Å². The molecule has 0 aliphatic rings. The van der Waals surface area contributed by atoms with Crippen molar-refractivity contribution in [1.29, 1.82) is 0 Å². The summed E-state index contributed by atoms with van der Waals surface area (Å²) in [5.41, 5.74) is 1.72. The number of H-pyrrole nitrogens is 1. The number of carbonyl (C=O) groups is 1. The molecule has 1 aromatic heterocycles. The first kappa shape index (κ1) is 16.4. The van der Waals surface area contributed by atoms with Crippen LogP contribution in [-0.2, 0) is 6.42 Å². The molecule has 0 radical (unpaired) electrons. The Hall–Kier alpha value is -3.42. The molecular weight excluding hydrogens is 322 g/mol. The van der Waals surface area contributed by atoms with Gasteiger partial charge in [-0.1, -0.05) is 17.3 Å². The topological polar surface area (TPSA) is 109 Å². The van der Waals surface area contributed by atoms with Crippen LogP contribution in [0.3, 0.4) is 0 Å². The molecule has 0 aliphatic heterocycles. The summed E-state index contributed by atoms with van der Waals surface area (Å²) >= 11 is 0. The van der Waals surface area contributed by atoms with Gasteiger partial charge in [-0.15, -0.1) is 5.10 Å². The highest BCUT2D eigenvalue weighted by Crippen LogP contribution is 2.13. The van der Waals surface area contributed by atoms with Crippen molar-refractivity contribution >= 4 is 22.6 Å². The molecule has 2 amide bonds. The number of ether oxygens (including phenoxy) is 1. The summed E-state index contributed by atoms with van der Waals surface area (Å²) in [6.45, 7) is 0.484. The van der Waals surface area contributed by atoms with Crippen LogP contribution < -0.4 is 20.9 Å². The molecule has 0 fully saturated rings. The van der Waals surface area contributed by atoms with Crippen LogP contribution in [-0.4, -0.2) is 35.1 Å². The molecule has 0 spiro atoms. The molecule has 3 rings (SSSR count). The first-order valence-corrected chi connectivity index (χ1v) is 7.68. The summed E-state index contributed by atoms with van der Waals surface area (Å²) in [6, 6.07) is 12.2. The number of nitrogens with one attached hydrogen (secondary N) is 3. The van der Waals surface area contributed by atoms with Gasteiger partial charge in [0.05, 0.1) is 12.5 Å². The van der Waals surface area contributed by atoms with Crippen molar-refractivity contribution in [1.82, 2.24) is 20.7 Å². The van der Waals surface area contributed by atoms with Crippen LogP contribution in [0.4, 0.5) is 10.5 Å². The van der Waals surface area contributed by atoms with Gasteiger partial charge in [-0.25, -0.2) is 9.89 Å². The fraction of sp³-hybridized carbons (Fsp3) is 0.176. The SMILES string of the molecule is COc1ccc(CCNC(=O)Nc2ccc3nn[nH]c(=O)c3c2)cc1. The number of benzene rings is 2. The quantitative estimate of drug-likeness (QED) is 0.655. The maximum atomic E-state index is 12.0. The van der Waals surface area contributed by atoms with Crippen molar-refractivity contribution < 1.29 is 9.53 Å². The predicted molar refractivity (Wildman–Crippen MR) is 93.9 cm³/mol. The summed E-state index contributed by atoms with van der Waals surface area (Å²) in [5, 5.41) is 15.4. The van der Waals surface area contributed by atoms with Gasteiger partial charge in [0.1, 0.15) is 11.3 Å². The number of aromatic amines is 1. The van der Waals surface area contributed by atoms with E-state index in [-0.39, 0.29) is 11.6 Å². The number of hydrogen-bond acceptors (Lipinski definition) is 5. The number of aromatic nitrogens is 3. The average molecular weight is 339 g/mol. The van der Waals surface area contributed by atoms with Crippen molar-refractivity contribution in [2.75, 3.05) is 19.0 Å². The number of amides is 2. The number of carbonyl (C=O) groups excluding carboxylic acids is 1. The molecule has 8 nitrogen and oxygen atoms in total. The van der Waals surface area contributed by atoms with Gasteiger partial charge in [-0.3, -0.25) is 4.79 Å². The lowest BCUT2D eigenvalue weighted by molar-refractivity contribution is 0.252. The van der Waals surface area contributed by atoms with Gasteiger partial charge < -0.3 is 15.4 Å². The Bertz CT molecular complexity index is 937. The third kappa shape index (κ3) is 4.11. The highest BCUT2D eigenvalue weighted by atomic mass is 16.5. The Kier molecular flexibility index (Phi) is 4.89. The Balaban J connectivity index is 1.55. The lowest BCUT2D eigenvalue weighted by atomic mass is 10.1. The van der Waals surface area contributed by atoms with E-state index in [2.05, 4.69) is 26.0 Å². The first-order valence-electron chi connectivity index (χ1n) is 7.68. The first-order chi connectivity index (χ1) is 12.2. The molecule has 25 heavy (non-hydrogen) atoms. The van der Waals surface area contributed by atoms with Gasteiger partial charge in [0.2, 0.25) is 0 Å². The van der Waals surface area contributed by atoms with Gasteiger partial charge in [-0.05, 0) is 42.3 Å². The summed E-state index contributed by atoms with van der Waals surface area (Å²) in [5.74, 6) is 0.797. The number of nitrogens with zero attached hydrogens (tertiary/aromatic N) is 2. The molecule has 3 N–H and O–H groups in total. The number of anilines is 1. The fourth-order valence-corrected chi connectivity index (χ4v) is 2.36. The second-order valence-corrected chi connectivity index (χ2v) is 5.35. The number of urea groups is 1. The molecule has 0 aliphatic carbocycles. The van der Waals surface area contributed by atoms with E-state index in [9.17, 15) is 9.59 Å². The minimum absolute atomic E-state index is 0.341. The fourth-order valence-electron chi connectivity index (χ4n) is 2.36. The molecular formula is C17H17N5O3. The van der Waals surface area contributed by atoms with E-state index in [0.717, 1.165) is 11.3 Å². The predicted octanol–water partition coefficient (Wildman–Crippen LogP) is 1.69. The lowest BCUT2D eigenvalue weighted by Crippen LogP contribution is -2.30. The molecule has 0 saturated heterocycles. The summed E-state index contributed by atoms with van der Waals surface area (Å²) in [7, 11) is 1.62. The maximum absolute atomic E-state index is 12.0. The number of methoxy groups -OCH3 is 1. The van der Waals surface area contributed by atoms with Crippen LogP contribution in [0.25, 0.3) is 10.9 Å². The maximum Gasteiger partial charge on any atom is 0.319 e. The van der Waals surface area contributed by atoms with E-state index in [1.54, 1.807) is 25.3 Å². The van der Waals surface area contributed by atoms with Crippen molar-refractivity contribution in [3.8, 4) is 5.75 Å². The van der Waals surface area contributed by atoms with E-state index < -0.39 is 0 Å². The van der Waals surface area contributed by atoms with E-state index in [1.807, 2.05) is 24.3 Å². The van der Waals surface area contributed by atoms with Gasteiger partial charge in [-0.2, -0.15) is 0 Å². The van der Waals surface area contributed by atoms with Gasteiger partial charge in [0.15, 0.2) is 0 Å². The second kappa shape index (κ2) is 7.43. The molecule has 0 unspecified atom stereocenters. The highest BCUT2D eigenvalue weighted by Gasteiger charge is 2.05. The average Bonchev–Trinajstić information content (AvgIpc) is 2.63. The molecule has 0 bridgehead atoms. The zero-order valence-corrected chi connectivity index (χ0v) is 13.6. The van der Waals surface area contributed by atoms with Crippen molar-refractivity contribution in [2.45, 2.75) is 6.42 Å². The molecule has 1 heterocycles. The van der Waals surface area contributed by atoms with Crippen LogP contribution in [0.5, 0.6) is 5.75 Å². The highest BCUT2D eigenvalue weighted by molar-refractivity contribution is 5.92. The van der Waals surface area contributed by atoms with E-state index in [1.165, 1.54) is 0 Å². The molecule has 2 aromatic carbocycles. The van der Waals surface area contributed by atoms with Gasteiger partial charge in [0, 0.05) is 12.2 Å². The Morgan fingerprint density at radius 2 is 2.00 bits per heavy atom. The van der Waals surface area contributed by atoms with Crippen LogP contribution in [0, 0.1) is 0 Å². The zero-order valence-electron chi connectivity index (χ0n) is 13.6. The molecule has 0 atom stereocenters. The van der Waals surface area contributed by atoms with Crippen LogP contribution in [0.15, 0.2) is 47.3 Å². The standard InChI is InChI=1S/C17H17N5O3/c1-25-13-5-2-11(3-6-13)8-9-18-17(24)19-12-4-7-15-14(10-12)16(23)21-22-20-15/h2-7,10H,8-9H2,1H3,(H2,18,19,24)(H,20,21,23). The number of fused-ring (bicyclic) bond motifs is 1. The van der Waals surface area contributed by atoms with Crippen LogP contribution in [0.1, 0.15) is 5.56 Å². The zero-order chi connectivity index (χ0) is 17.6. The van der Waals surface area contributed by atoms with Crippen molar-refractivity contribution in [3.63, 3.8) is 0 Å². The number of rotatable bonds is 5. The monoisotopic (exact) mass is 339 g/mol. The summed E-state index contributed by atoms with van der Waals surface area (Å²) in [4.78, 5) is 23.7. The number of hydrogen-bond donors (Lipinski definition) is 3. The van der Waals surface area contributed by atoms with Crippen molar-refractivity contribution in [3.05, 3.63) is 58.4 Å². The van der Waals surface area contributed by atoms with Crippen molar-refractivity contribution in [2.24, 2.45) is 0 Å². The lowest BCUT2D eigenvalue weighted by Gasteiger charge is -2.08. The van der Waals surface area contributed by atoms with Gasteiger partial charge >= 0.3 is 6.03 Å². The van der Waals surface area contributed by atoms with Gasteiger partial charge in [0.25, 0.3) is 5.56 Å². The summed E-state index contributed by atoms with van der Waals surface area (Å²) in [6.07, 6.45) is 0.699. The third-order valence-electron chi connectivity index (χ3n) is 3.67. The molecule has 0 saturated carbocycles. The Morgan fingerprint density at radius 3 is 2.76 bits per heavy atom. The minimum Gasteiger partial charge on any atom is -0.497 e. The largest absolute Gasteiger partial charge is 0.497 e.